The topological polar surface area (TPSA) is 70.7 Å². The first-order valence-corrected chi connectivity index (χ1v) is 8.86. The summed E-state index contributed by atoms with van der Waals surface area (Å²) in [6.07, 6.45) is 2.27. The van der Waals surface area contributed by atoms with Crippen molar-refractivity contribution in [3.8, 4) is 22.8 Å². The molecule has 126 valence electrons. The van der Waals surface area contributed by atoms with Gasteiger partial charge >= 0.3 is 0 Å². The van der Waals surface area contributed by atoms with E-state index in [-0.39, 0.29) is 23.2 Å². The smallest absolute Gasteiger partial charge is 0.171 e. The molecule has 2 heterocycles. The van der Waals surface area contributed by atoms with E-state index in [0.717, 1.165) is 21.8 Å². The van der Waals surface area contributed by atoms with E-state index in [4.69, 9.17) is 4.42 Å². The molecular weight excluding hydrogens is 336 g/mol. The summed E-state index contributed by atoms with van der Waals surface area (Å²) < 4.78 is 5.47. The quantitative estimate of drug-likeness (QED) is 0.620. The summed E-state index contributed by atoms with van der Waals surface area (Å²) >= 11 is 1.43. The predicted molar refractivity (Wildman–Crippen MR) is 95.4 cm³/mol. The number of hydrogen-bond donors (Lipinski definition) is 2. The molecule has 25 heavy (non-hydrogen) atoms. The summed E-state index contributed by atoms with van der Waals surface area (Å²) in [7, 11) is 0. The van der Waals surface area contributed by atoms with Crippen molar-refractivity contribution in [3.05, 3.63) is 59.9 Å². The number of hydrogen-bond acceptors (Lipinski definition) is 5. The van der Waals surface area contributed by atoms with Crippen molar-refractivity contribution in [2.24, 2.45) is 0 Å². The summed E-state index contributed by atoms with van der Waals surface area (Å²) in [4.78, 5) is 14.7. The molecule has 3 aromatic rings. The number of furan rings is 1. The maximum Gasteiger partial charge on any atom is 0.171 e. The van der Waals surface area contributed by atoms with Crippen LogP contribution in [-0.2, 0) is 0 Å². The van der Waals surface area contributed by atoms with Gasteiger partial charge in [0.2, 0.25) is 0 Å². The van der Waals surface area contributed by atoms with Crippen LogP contribution in [0.3, 0.4) is 0 Å². The van der Waals surface area contributed by atoms with Gasteiger partial charge in [-0.15, -0.1) is 0 Å². The number of phenolic OH excluding ortho intramolecular Hbond substituents is 2. The van der Waals surface area contributed by atoms with Crippen molar-refractivity contribution in [1.82, 2.24) is 0 Å². The first-order valence-electron chi connectivity index (χ1n) is 8.04. The molecule has 2 aromatic carbocycles. The van der Waals surface area contributed by atoms with Gasteiger partial charge in [0.1, 0.15) is 5.76 Å². The Kier molecular flexibility index (Phi) is 3.81. The average Bonchev–Trinajstić information content (AvgIpc) is 3.11. The van der Waals surface area contributed by atoms with Crippen LogP contribution in [0.25, 0.3) is 11.3 Å². The minimum absolute atomic E-state index is 0.0457. The molecular formula is C20H16O4S. The highest BCUT2D eigenvalue weighted by atomic mass is 32.2. The van der Waals surface area contributed by atoms with Crippen molar-refractivity contribution < 1.29 is 19.4 Å². The first kappa shape index (κ1) is 15.8. The number of aromatic hydroxyl groups is 2. The van der Waals surface area contributed by atoms with Crippen molar-refractivity contribution in [2.75, 3.05) is 0 Å². The van der Waals surface area contributed by atoms with Gasteiger partial charge in [0.25, 0.3) is 0 Å². The monoisotopic (exact) mass is 352 g/mol. The Morgan fingerprint density at radius 2 is 1.88 bits per heavy atom. The molecule has 1 aromatic heterocycles. The molecule has 5 heteroatoms. The summed E-state index contributed by atoms with van der Waals surface area (Å²) in [6, 6.07) is 12.5. The highest BCUT2D eigenvalue weighted by molar-refractivity contribution is 7.99. The van der Waals surface area contributed by atoms with Crippen molar-refractivity contribution in [1.29, 1.82) is 0 Å². The number of carbonyl (C=O) groups excluding carboxylic acids is 1. The Bertz CT molecular complexity index is 960. The molecule has 0 amide bonds. The van der Waals surface area contributed by atoms with E-state index in [1.54, 1.807) is 6.26 Å². The van der Waals surface area contributed by atoms with Crippen molar-refractivity contribution >= 4 is 17.5 Å². The van der Waals surface area contributed by atoms with E-state index in [1.807, 2.05) is 37.3 Å². The van der Waals surface area contributed by atoms with Crippen LogP contribution in [0.4, 0.5) is 0 Å². The number of fused-ring (bicyclic) bond motifs is 2. The number of benzene rings is 2. The first-order chi connectivity index (χ1) is 12.1. The van der Waals surface area contributed by atoms with Crippen LogP contribution in [0.15, 0.2) is 62.9 Å². The third-order valence-electron chi connectivity index (χ3n) is 4.48. The van der Waals surface area contributed by atoms with Gasteiger partial charge in [-0.3, -0.25) is 4.79 Å². The van der Waals surface area contributed by atoms with E-state index in [1.165, 1.54) is 23.9 Å². The normalized spacial score (nSPS) is 16.2. The maximum atomic E-state index is 13.1. The highest BCUT2D eigenvalue weighted by Crippen LogP contribution is 2.46. The largest absolute Gasteiger partial charge is 0.504 e. The molecule has 0 bridgehead atoms. The fourth-order valence-corrected chi connectivity index (χ4v) is 4.33. The van der Waals surface area contributed by atoms with Gasteiger partial charge in [0.05, 0.1) is 6.26 Å². The van der Waals surface area contributed by atoms with Gasteiger partial charge in [0, 0.05) is 26.8 Å². The minimum atomic E-state index is -0.303. The number of phenols is 2. The van der Waals surface area contributed by atoms with E-state index in [2.05, 4.69) is 0 Å². The highest BCUT2D eigenvalue weighted by Gasteiger charge is 2.30. The second kappa shape index (κ2) is 6.01. The lowest BCUT2D eigenvalue weighted by Crippen LogP contribution is -2.12. The Morgan fingerprint density at radius 3 is 2.60 bits per heavy atom. The van der Waals surface area contributed by atoms with Gasteiger partial charge < -0.3 is 14.6 Å². The molecule has 1 unspecified atom stereocenters. The van der Waals surface area contributed by atoms with E-state index >= 15 is 0 Å². The Morgan fingerprint density at radius 1 is 1.08 bits per heavy atom. The molecule has 0 fully saturated rings. The fourth-order valence-electron chi connectivity index (χ4n) is 3.20. The number of ketones is 1. The summed E-state index contributed by atoms with van der Waals surface area (Å²) in [5, 5.41) is 19.6. The standard InChI is InChI=1S/C20H16O4S/c1-2-12-13-8-11(17-4-3-7-24-17)5-6-18(13)25-19-10-16(22)15(21)9-14(19)20(12)23/h3-10,12,21-22H,2H2,1H3. The third kappa shape index (κ3) is 2.61. The zero-order valence-corrected chi connectivity index (χ0v) is 14.3. The summed E-state index contributed by atoms with van der Waals surface area (Å²) in [5.74, 6) is -0.0852. The lowest BCUT2D eigenvalue weighted by molar-refractivity contribution is 0.0953. The third-order valence-corrected chi connectivity index (χ3v) is 5.63. The number of carbonyl (C=O) groups is 1. The van der Waals surface area contributed by atoms with Gasteiger partial charge in [-0.25, -0.2) is 0 Å². The molecule has 2 N–H and O–H groups in total. The summed E-state index contributed by atoms with van der Waals surface area (Å²) in [5.41, 5.74) is 2.32. The van der Waals surface area contributed by atoms with Crippen LogP contribution < -0.4 is 0 Å². The predicted octanol–water partition coefficient (Wildman–Crippen LogP) is 5.20. The molecule has 0 saturated carbocycles. The Balaban J connectivity index is 1.89. The van der Waals surface area contributed by atoms with Crippen molar-refractivity contribution in [3.63, 3.8) is 0 Å². The molecule has 1 atom stereocenters. The number of Topliss-reactive ketones (excluding diaryl/α,β-unsaturated/α-hetero) is 1. The van der Waals surface area contributed by atoms with Crippen LogP contribution in [-0.4, -0.2) is 16.0 Å². The van der Waals surface area contributed by atoms with Crippen LogP contribution >= 0.6 is 11.8 Å². The fraction of sp³-hybridized carbons (Fsp3) is 0.150. The van der Waals surface area contributed by atoms with Gasteiger partial charge in [-0.2, -0.15) is 0 Å². The molecule has 0 saturated heterocycles. The molecule has 1 aliphatic rings. The van der Waals surface area contributed by atoms with Crippen LogP contribution in [0.5, 0.6) is 11.5 Å². The Hall–Kier alpha value is -2.66. The van der Waals surface area contributed by atoms with Crippen LogP contribution in [0, 0.1) is 0 Å². The maximum absolute atomic E-state index is 13.1. The molecule has 4 nitrogen and oxygen atoms in total. The molecule has 1 aliphatic heterocycles. The average molecular weight is 352 g/mol. The lowest BCUT2D eigenvalue weighted by atomic mass is 9.87. The second-order valence-corrected chi connectivity index (χ2v) is 7.08. The van der Waals surface area contributed by atoms with Gasteiger partial charge in [-0.05, 0) is 48.4 Å². The van der Waals surface area contributed by atoms with E-state index in [9.17, 15) is 15.0 Å². The van der Waals surface area contributed by atoms with Crippen LogP contribution in [0.2, 0.25) is 0 Å². The van der Waals surface area contributed by atoms with E-state index < -0.39 is 0 Å². The molecule has 4 rings (SSSR count). The van der Waals surface area contributed by atoms with Gasteiger partial charge in [0.15, 0.2) is 17.3 Å². The zero-order valence-electron chi connectivity index (χ0n) is 13.5. The second-order valence-electron chi connectivity index (χ2n) is 5.99. The van der Waals surface area contributed by atoms with E-state index in [0.29, 0.717) is 16.9 Å². The van der Waals surface area contributed by atoms with Crippen molar-refractivity contribution in [2.45, 2.75) is 29.1 Å². The van der Waals surface area contributed by atoms with Gasteiger partial charge in [-0.1, -0.05) is 24.8 Å². The number of rotatable bonds is 2. The Labute approximate surface area is 149 Å². The molecule has 0 radical (unpaired) electrons. The van der Waals surface area contributed by atoms with Crippen LogP contribution in [0.1, 0.15) is 35.2 Å². The zero-order chi connectivity index (χ0) is 17.6. The molecule has 0 spiro atoms. The minimum Gasteiger partial charge on any atom is -0.504 e. The summed E-state index contributed by atoms with van der Waals surface area (Å²) in [6.45, 7) is 1.97. The SMILES string of the molecule is CCC1C(=O)c2cc(O)c(O)cc2Sc2ccc(-c3ccco3)cc21. The molecule has 0 aliphatic carbocycles. The lowest BCUT2D eigenvalue weighted by Gasteiger charge is -2.15.